The maximum atomic E-state index is 14.1. The van der Waals surface area contributed by atoms with Crippen LogP contribution in [0.4, 0.5) is 26.3 Å². The number of rotatable bonds is 8. The van der Waals surface area contributed by atoms with E-state index in [-0.39, 0.29) is 30.7 Å². The van der Waals surface area contributed by atoms with Gasteiger partial charge in [0.2, 0.25) is 11.8 Å². The second-order valence-corrected chi connectivity index (χ2v) is 12.4. The Morgan fingerprint density at radius 2 is 1.51 bits per heavy atom. The largest absolute Gasteiger partial charge is 0.416 e. The summed E-state index contributed by atoms with van der Waals surface area (Å²) in [5, 5.41) is 12.5. The molecular formula is C31H28F6N2O3S. The summed E-state index contributed by atoms with van der Waals surface area (Å²) in [5.74, 6) is -1.03. The number of carbonyl (C=O) groups is 2. The number of aliphatic hydroxyl groups excluding tert-OH is 1. The zero-order valence-electron chi connectivity index (χ0n) is 22.9. The van der Waals surface area contributed by atoms with Crippen molar-refractivity contribution in [3.05, 3.63) is 100 Å². The van der Waals surface area contributed by atoms with Crippen LogP contribution in [-0.4, -0.2) is 32.6 Å². The van der Waals surface area contributed by atoms with E-state index in [1.807, 2.05) is 19.1 Å². The van der Waals surface area contributed by atoms with Gasteiger partial charge in [0, 0.05) is 17.5 Å². The molecule has 2 fully saturated rings. The molecule has 228 valence electrons. The molecule has 12 heteroatoms. The van der Waals surface area contributed by atoms with Crippen molar-refractivity contribution in [3.63, 3.8) is 0 Å². The fourth-order valence-electron chi connectivity index (χ4n) is 5.25. The van der Waals surface area contributed by atoms with Gasteiger partial charge >= 0.3 is 12.4 Å². The first kappa shape index (κ1) is 30.9. The van der Waals surface area contributed by atoms with E-state index in [9.17, 15) is 41.0 Å². The van der Waals surface area contributed by atoms with Crippen LogP contribution < -0.4 is 5.32 Å². The standard InChI is InChI=1S/C31H28F6N2O3S/c1-18-2-10-25(11-3-18)43-29(28(42)38-24-8-9-24)15-26(41)39(27(29)21-6-4-19(17-40)5-7-21)16-20-12-22(30(32,33)34)14-23(13-20)31(35,36)37/h2-7,10-14,24,27,40H,8-9,15-17H2,1H3,(H,38,42)/t27-,29-/m1/s1. The number of halogens is 6. The number of benzene rings is 3. The molecule has 2 N–H and O–H groups in total. The zero-order chi connectivity index (χ0) is 31.2. The highest BCUT2D eigenvalue weighted by Gasteiger charge is 2.58. The van der Waals surface area contributed by atoms with E-state index in [0.29, 0.717) is 28.2 Å². The lowest BCUT2D eigenvalue weighted by Gasteiger charge is -2.37. The smallest absolute Gasteiger partial charge is 0.392 e. The van der Waals surface area contributed by atoms with Gasteiger partial charge in [-0.2, -0.15) is 26.3 Å². The molecule has 1 saturated heterocycles. The van der Waals surface area contributed by atoms with Crippen molar-refractivity contribution >= 4 is 23.6 Å². The number of thioether (sulfide) groups is 1. The number of hydrogen-bond donors (Lipinski definition) is 2. The predicted molar refractivity (Wildman–Crippen MR) is 148 cm³/mol. The minimum atomic E-state index is -5.06. The minimum Gasteiger partial charge on any atom is -0.392 e. The van der Waals surface area contributed by atoms with Crippen molar-refractivity contribution in [3.8, 4) is 0 Å². The third kappa shape index (κ3) is 6.70. The van der Waals surface area contributed by atoms with E-state index in [1.54, 1.807) is 36.4 Å². The molecule has 43 heavy (non-hydrogen) atoms. The Hall–Kier alpha value is -3.51. The van der Waals surface area contributed by atoms with Crippen LogP contribution >= 0.6 is 11.8 Å². The Kier molecular flexibility index (Phi) is 8.30. The SMILES string of the molecule is Cc1ccc(S[C@]2(C(=O)NC3CC3)CC(=O)N(Cc3cc(C(F)(F)F)cc(C(F)(F)F)c3)[C@@H]2c2ccc(CO)cc2)cc1. The average Bonchev–Trinajstić information content (AvgIpc) is 3.72. The van der Waals surface area contributed by atoms with Gasteiger partial charge in [0.15, 0.2) is 0 Å². The van der Waals surface area contributed by atoms with Crippen LogP contribution in [0.3, 0.4) is 0 Å². The maximum Gasteiger partial charge on any atom is 0.416 e. The van der Waals surface area contributed by atoms with E-state index in [4.69, 9.17) is 0 Å². The van der Waals surface area contributed by atoms with Crippen molar-refractivity contribution < 1.29 is 41.0 Å². The molecule has 1 saturated carbocycles. The Morgan fingerprint density at radius 3 is 2.02 bits per heavy atom. The topological polar surface area (TPSA) is 69.6 Å². The van der Waals surface area contributed by atoms with E-state index in [1.165, 1.54) is 4.90 Å². The number of amides is 2. The lowest BCUT2D eigenvalue weighted by molar-refractivity contribution is -0.143. The van der Waals surface area contributed by atoms with Crippen LogP contribution in [0.25, 0.3) is 0 Å². The van der Waals surface area contributed by atoms with Crippen molar-refractivity contribution in [2.45, 2.75) is 73.4 Å². The molecule has 2 aliphatic rings. The highest BCUT2D eigenvalue weighted by Crippen LogP contribution is 2.53. The fourth-order valence-corrected chi connectivity index (χ4v) is 6.67. The number of nitrogens with zero attached hydrogens (tertiary/aromatic N) is 1. The highest BCUT2D eigenvalue weighted by molar-refractivity contribution is 8.01. The van der Waals surface area contributed by atoms with Gasteiger partial charge in [0.05, 0.1) is 30.2 Å². The maximum absolute atomic E-state index is 14.1. The molecule has 1 aliphatic carbocycles. The summed E-state index contributed by atoms with van der Waals surface area (Å²) in [6.45, 7) is 1.02. The third-order valence-corrected chi connectivity index (χ3v) is 9.01. The van der Waals surface area contributed by atoms with Crippen LogP contribution in [0.1, 0.15) is 58.7 Å². The van der Waals surface area contributed by atoms with Gasteiger partial charge in [0.25, 0.3) is 0 Å². The second kappa shape index (κ2) is 11.5. The van der Waals surface area contributed by atoms with E-state index < -0.39 is 52.6 Å². The van der Waals surface area contributed by atoms with Gasteiger partial charge in [-0.3, -0.25) is 9.59 Å². The number of aryl methyl sites for hydroxylation is 1. The molecule has 0 bridgehead atoms. The zero-order valence-corrected chi connectivity index (χ0v) is 23.7. The number of carbonyl (C=O) groups excluding carboxylic acids is 2. The third-order valence-electron chi connectivity index (χ3n) is 7.58. The van der Waals surface area contributed by atoms with Crippen molar-refractivity contribution in [1.29, 1.82) is 0 Å². The number of hydrogen-bond acceptors (Lipinski definition) is 4. The normalized spacial score (nSPS) is 20.9. The van der Waals surface area contributed by atoms with Crippen molar-refractivity contribution in [1.82, 2.24) is 10.2 Å². The summed E-state index contributed by atoms with van der Waals surface area (Å²) < 4.78 is 80.4. The molecule has 5 nitrogen and oxygen atoms in total. The Balaban J connectivity index is 1.64. The van der Waals surface area contributed by atoms with E-state index in [0.717, 1.165) is 30.2 Å². The summed E-state index contributed by atoms with van der Waals surface area (Å²) in [6, 6.07) is 13.8. The fraction of sp³-hybridized carbons (Fsp3) is 0.355. The number of aliphatic hydroxyl groups is 1. The van der Waals surface area contributed by atoms with Crippen LogP contribution in [0.15, 0.2) is 71.6 Å². The Bertz CT molecular complexity index is 1470. The minimum absolute atomic E-state index is 0.0427. The van der Waals surface area contributed by atoms with Crippen LogP contribution in [0, 0.1) is 6.92 Å². The lowest BCUT2D eigenvalue weighted by atomic mass is 9.90. The molecule has 1 heterocycles. The summed E-state index contributed by atoms with van der Waals surface area (Å²) in [7, 11) is 0. The summed E-state index contributed by atoms with van der Waals surface area (Å²) in [4.78, 5) is 29.7. The monoisotopic (exact) mass is 622 g/mol. The average molecular weight is 623 g/mol. The van der Waals surface area contributed by atoms with Gasteiger partial charge < -0.3 is 15.3 Å². The van der Waals surface area contributed by atoms with Gasteiger partial charge in [0.1, 0.15) is 4.75 Å². The second-order valence-electron chi connectivity index (χ2n) is 11.0. The van der Waals surface area contributed by atoms with Crippen molar-refractivity contribution in [2.24, 2.45) is 0 Å². The molecule has 1 aliphatic heterocycles. The predicted octanol–water partition coefficient (Wildman–Crippen LogP) is 6.81. The van der Waals surface area contributed by atoms with Crippen LogP contribution in [0.2, 0.25) is 0 Å². The van der Waals surface area contributed by atoms with Crippen LogP contribution in [0.5, 0.6) is 0 Å². The summed E-state index contributed by atoms with van der Waals surface area (Å²) in [5.41, 5.74) is -1.38. The van der Waals surface area contributed by atoms with Crippen molar-refractivity contribution in [2.75, 3.05) is 0 Å². The lowest BCUT2D eigenvalue weighted by Crippen LogP contribution is -2.48. The van der Waals surface area contributed by atoms with E-state index in [2.05, 4.69) is 5.32 Å². The van der Waals surface area contributed by atoms with Gasteiger partial charge in [-0.05, 0) is 66.8 Å². The molecule has 0 aromatic heterocycles. The molecule has 0 unspecified atom stereocenters. The Morgan fingerprint density at radius 1 is 0.930 bits per heavy atom. The summed E-state index contributed by atoms with van der Waals surface area (Å²) >= 11 is 1.15. The molecular weight excluding hydrogens is 594 g/mol. The molecule has 0 radical (unpaired) electrons. The summed E-state index contributed by atoms with van der Waals surface area (Å²) in [6.07, 6.45) is -8.93. The molecule has 5 rings (SSSR count). The van der Waals surface area contributed by atoms with E-state index >= 15 is 0 Å². The first-order chi connectivity index (χ1) is 20.2. The molecule has 0 spiro atoms. The number of alkyl halides is 6. The number of likely N-dealkylation sites (tertiary alicyclic amines) is 1. The molecule has 3 aromatic carbocycles. The molecule has 2 amide bonds. The van der Waals surface area contributed by atoms with Gasteiger partial charge in [-0.1, -0.05) is 42.0 Å². The van der Waals surface area contributed by atoms with Gasteiger partial charge in [-0.15, -0.1) is 11.8 Å². The first-order valence-electron chi connectivity index (χ1n) is 13.5. The first-order valence-corrected chi connectivity index (χ1v) is 14.4. The molecule has 2 atom stereocenters. The highest BCUT2D eigenvalue weighted by atomic mass is 32.2. The van der Waals surface area contributed by atoms with Gasteiger partial charge in [-0.25, -0.2) is 0 Å². The quantitative estimate of drug-likeness (QED) is 0.271. The van der Waals surface area contributed by atoms with Crippen LogP contribution in [-0.2, 0) is 35.1 Å². The Labute approximate surface area is 248 Å². The molecule has 3 aromatic rings. The number of nitrogens with one attached hydrogen (secondary N) is 1.